The Balaban J connectivity index is 2.14. The summed E-state index contributed by atoms with van der Waals surface area (Å²) < 4.78 is 0. The van der Waals surface area contributed by atoms with Gasteiger partial charge in [0.1, 0.15) is 0 Å². The van der Waals surface area contributed by atoms with Crippen LogP contribution in [0.15, 0.2) is 0 Å². The van der Waals surface area contributed by atoms with Gasteiger partial charge in [-0.25, -0.2) is 0 Å². The molecule has 1 rings (SSSR count). The Morgan fingerprint density at radius 2 is 1.94 bits per heavy atom. The first-order valence-electron chi connectivity index (χ1n) is 7.14. The quantitative estimate of drug-likeness (QED) is 0.748. The Morgan fingerprint density at radius 3 is 2.53 bits per heavy atom. The molecule has 0 aromatic rings. The molecule has 1 aliphatic carbocycles. The molecule has 0 radical (unpaired) electrons. The van der Waals surface area contributed by atoms with Gasteiger partial charge in [-0.1, -0.05) is 26.7 Å². The van der Waals surface area contributed by atoms with Gasteiger partial charge in [-0.3, -0.25) is 4.79 Å². The minimum Gasteiger partial charge on any atom is -0.355 e. The van der Waals surface area contributed by atoms with Gasteiger partial charge in [-0.05, 0) is 44.6 Å². The summed E-state index contributed by atoms with van der Waals surface area (Å²) in [6, 6.07) is -0.0547. The Morgan fingerprint density at radius 1 is 1.29 bits per heavy atom. The van der Waals surface area contributed by atoms with E-state index in [0.29, 0.717) is 0 Å². The number of carbonyl (C=O) groups excluding carboxylic acids is 1. The summed E-state index contributed by atoms with van der Waals surface area (Å²) in [6.07, 6.45) is 6.33. The standard InChI is InChI=1S/C14H28N2O/c1-4-9-15-14(17)12(3)16-10-13-7-5-11(2)6-8-13/h11-13,16H,4-10H2,1-3H3,(H,15,17). The fraction of sp³-hybridized carbons (Fsp3) is 0.929. The van der Waals surface area contributed by atoms with Gasteiger partial charge in [0.25, 0.3) is 0 Å². The lowest BCUT2D eigenvalue weighted by Gasteiger charge is -2.27. The Hall–Kier alpha value is -0.570. The fourth-order valence-electron chi connectivity index (χ4n) is 2.37. The van der Waals surface area contributed by atoms with E-state index in [1.54, 1.807) is 0 Å². The average molecular weight is 240 g/mol. The third-order valence-corrected chi connectivity index (χ3v) is 3.79. The zero-order valence-electron chi connectivity index (χ0n) is 11.6. The van der Waals surface area contributed by atoms with Gasteiger partial charge in [-0.2, -0.15) is 0 Å². The molecule has 0 aromatic carbocycles. The monoisotopic (exact) mass is 240 g/mol. The molecule has 1 fully saturated rings. The first-order valence-corrected chi connectivity index (χ1v) is 7.14. The fourth-order valence-corrected chi connectivity index (χ4v) is 2.37. The van der Waals surface area contributed by atoms with E-state index in [1.165, 1.54) is 25.7 Å². The van der Waals surface area contributed by atoms with E-state index in [0.717, 1.165) is 31.3 Å². The normalized spacial score (nSPS) is 26.5. The van der Waals surface area contributed by atoms with E-state index in [-0.39, 0.29) is 11.9 Å². The molecule has 1 unspecified atom stereocenters. The zero-order valence-corrected chi connectivity index (χ0v) is 11.6. The van der Waals surface area contributed by atoms with Crippen LogP contribution >= 0.6 is 0 Å². The largest absolute Gasteiger partial charge is 0.355 e. The van der Waals surface area contributed by atoms with Crippen LogP contribution in [0, 0.1) is 11.8 Å². The molecule has 0 aromatic heterocycles. The summed E-state index contributed by atoms with van der Waals surface area (Å²) in [5, 5.41) is 6.29. The predicted molar refractivity (Wildman–Crippen MR) is 71.9 cm³/mol. The zero-order chi connectivity index (χ0) is 12.7. The predicted octanol–water partition coefficient (Wildman–Crippen LogP) is 2.32. The molecular weight excluding hydrogens is 212 g/mol. The minimum absolute atomic E-state index is 0.0547. The van der Waals surface area contributed by atoms with Crippen molar-refractivity contribution in [2.24, 2.45) is 11.8 Å². The molecule has 2 N–H and O–H groups in total. The van der Waals surface area contributed by atoms with Crippen LogP contribution in [0.2, 0.25) is 0 Å². The van der Waals surface area contributed by atoms with Crippen molar-refractivity contribution in [2.75, 3.05) is 13.1 Å². The molecule has 0 heterocycles. The van der Waals surface area contributed by atoms with Crippen LogP contribution in [0.5, 0.6) is 0 Å². The summed E-state index contributed by atoms with van der Waals surface area (Å²) in [4.78, 5) is 11.7. The molecule has 0 spiro atoms. The molecule has 0 saturated heterocycles. The second-order valence-corrected chi connectivity index (χ2v) is 5.55. The van der Waals surface area contributed by atoms with Crippen LogP contribution in [0.1, 0.15) is 52.9 Å². The van der Waals surface area contributed by atoms with Crippen LogP contribution in [0.25, 0.3) is 0 Å². The molecule has 3 heteroatoms. The van der Waals surface area contributed by atoms with Crippen molar-refractivity contribution in [1.82, 2.24) is 10.6 Å². The van der Waals surface area contributed by atoms with Gasteiger partial charge in [0.2, 0.25) is 5.91 Å². The van der Waals surface area contributed by atoms with Gasteiger partial charge in [0.15, 0.2) is 0 Å². The van der Waals surface area contributed by atoms with Crippen molar-refractivity contribution in [2.45, 2.75) is 58.9 Å². The Kier molecular flexibility index (Phi) is 6.56. The molecular formula is C14H28N2O. The highest BCUT2D eigenvalue weighted by Crippen LogP contribution is 2.27. The number of hydrogen-bond acceptors (Lipinski definition) is 2. The van der Waals surface area contributed by atoms with E-state index in [2.05, 4.69) is 24.5 Å². The number of amides is 1. The van der Waals surface area contributed by atoms with E-state index < -0.39 is 0 Å². The number of nitrogens with one attached hydrogen (secondary N) is 2. The summed E-state index contributed by atoms with van der Waals surface area (Å²) in [5.41, 5.74) is 0. The number of rotatable bonds is 6. The average Bonchev–Trinajstić information content (AvgIpc) is 2.34. The SMILES string of the molecule is CCCNC(=O)C(C)NCC1CCC(C)CC1. The van der Waals surface area contributed by atoms with Crippen LogP contribution in [-0.2, 0) is 4.79 Å². The summed E-state index contributed by atoms with van der Waals surface area (Å²) in [7, 11) is 0. The van der Waals surface area contributed by atoms with Crippen molar-refractivity contribution in [3.63, 3.8) is 0 Å². The lowest BCUT2D eigenvalue weighted by Crippen LogP contribution is -2.44. The van der Waals surface area contributed by atoms with Gasteiger partial charge >= 0.3 is 0 Å². The second-order valence-electron chi connectivity index (χ2n) is 5.55. The van der Waals surface area contributed by atoms with Gasteiger partial charge in [0, 0.05) is 6.54 Å². The summed E-state index contributed by atoms with van der Waals surface area (Å²) in [5.74, 6) is 1.81. The molecule has 1 aliphatic rings. The summed E-state index contributed by atoms with van der Waals surface area (Å²) in [6.45, 7) is 8.14. The van der Waals surface area contributed by atoms with Crippen molar-refractivity contribution < 1.29 is 4.79 Å². The van der Waals surface area contributed by atoms with Gasteiger partial charge < -0.3 is 10.6 Å². The van der Waals surface area contributed by atoms with Crippen molar-refractivity contribution in [3.8, 4) is 0 Å². The maximum absolute atomic E-state index is 11.7. The van der Waals surface area contributed by atoms with Crippen LogP contribution in [0.4, 0.5) is 0 Å². The highest BCUT2D eigenvalue weighted by molar-refractivity contribution is 5.81. The maximum Gasteiger partial charge on any atom is 0.236 e. The molecule has 1 atom stereocenters. The molecule has 17 heavy (non-hydrogen) atoms. The maximum atomic E-state index is 11.7. The number of carbonyl (C=O) groups is 1. The highest BCUT2D eigenvalue weighted by Gasteiger charge is 2.19. The lowest BCUT2D eigenvalue weighted by molar-refractivity contribution is -0.122. The number of hydrogen-bond donors (Lipinski definition) is 2. The lowest BCUT2D eigenvalue weighted by atomic mass is 9.83. The van der Waals surface area contributed by atoms with Crippen LogP contribution in [0.3, 0.4) is 0 Å². The summed E-state index contributed by atoms with van der Waals surface area (Å²) >= 11 is 0. The molecule has 0 bridgehead atoms. The first kappa shape index (κ1) is 14.5. The molecule has 3 nitrogen and oxygen atoms in total. The van der Waals surface area contributed by atoms with Gasteiger partial charge in [-0.15, -0.1) is 0 Å². The third-order valence-electron chi connectivity index (χ3n) is 3.79. The molecule has 1 saturated carbocycles. The van der Waals surface area contributed by atoms with Gasteiger partial charge in [0.05, 0.1) is 6.04 Å². The van der Waals surface area contributed by atoms with Crippen molar-refractivity contribution >= 4 is 5.91 Å². The van der Waals surface area contributed by atoms with Crippen LogP contribution < -0.4 is 10.6 Å². The van der Waals surface area contributed by atoms with Crippen LogP contribution in [-0.4, -0.2) is 25.0 Å². The van der Waals surface area contributed by atoms with E-state index in [4.69, 9.17) is 0 Å². The van der Waals surface area contributed by atoms with Crippen molar-refractivity contribution in [1.29, 1.82) is 0 Å². The van der Waals surface area contributed by atoms with E-state index in [1.807, 2.05) is 6.92 Å². The Bertz CT molecular complexity index is 222. The third kappa shape index (κ3) is 5.53. The minimum atomic E-state index is -0.0547. The Labute approximate surface area is 106 Å². The first-order chi connectivity index (χ1) is 8.13. The topological polar surface area (TPSA) is 41.1 Å². The second kappa shape index (κ2) is 7.70. The molecule has 0 aliphatic heterocycles. The van der Waals surface area contributed by atoms with E-state index in [9.17, 15) is 4.79 Å². The highest BCUT2D eigenvalue weighted by atomic mass is 16.2. The van der Waals surface area contributed by atoms with E-state index >= 15 is 0 Å². The smallest absolute Gasteiger partial charge is 0.236 e. The molecule has 100 valence electrons. The molecule has 1 amide bonds. The van der Waals surface area contributed by atoms with Crippen molar-refractivity contribution in [3.05, 3.63) is 0 Å².